The average molecular weight is 283 g/mol. The van der Waals surface area contributed by atoms with Gasteiger partial charge in [-0.1, -0.05) is 51.8 Å². The highest BCUT2D eigenvalue weighted by atomic mass is 16.1. The summed E-state index contributed by atoms with van der Waals surface area (Å²) in [4.78, 5) is 12.9. The molecule has 3 rings (SSSR count). The van der Waals surface area contributed by atoms with Crippen LogP contribution in [0, 0.1) is 5.92 Å². The molecule has 0 bridgehead atoms. The molecule has 0 radical (unpaired) electrons. The van der Waals surface area contributed by atoms with E-state index in [1.54, 1.807) is 0 Å². The van der Waals surface area contributed by atoms with Crippen LogP contribution in [0.5, 0.6) is 0 Å². The summed E-state index contributed by atoms with van der Waals surface area (Å²) in [6.45, 7) is 6.71. The Bertz CT molecular complexity index is 698. The van der Waals surface area contributed by atoms with Gasteiger partial charge in [0.1, 0.15) is 0 Å². The van der Waals surface area contributed by atoms with Crippen LogP contribution in [0.2, 0.25) is 0 Å². The molecule has 112 valence electrons. The van der Waals surface area contributed by atoms with Crippen molar-refractivity contribution >= 4 is 10.8 Å². The van der Waals surface area contributed by atoms with Crippen LogP contribution in [0.4, 0.5) is 0 Å². The van der Waals surface area contributed by atoms with Gasteiger partial charge in [0.2, 0.25) is 0 Å². The highest BCUT2D eigenvalue weighted by Crippen LogP contribution is 2.34. The van der Waals surface area contributed by atoms with Crippen molar-refractivity contribution in [3.63, 3.8) is 0 Å². The maximum Gasteiger partial charge on any atom is 0.258 e. The quantitative estimate of drug-likeness (QED) is 0.770. The Hall–Kier alpha value is -1.57. The smallest absolute Gasteiger partial charge is 0.258 e. The van der Waals surface area contributed by atoms with Gasteiger partial charge in [-0.2, -0.15) is 0 Å². The van der Waals surface area contributed by atoms with Crippen molar-refractivity contribution in [2.24, 2.45) is 5.92 Å². The standard InChI is InChI=1S/C19H25NO/c1-13(2)17-12-20(18-11-7-4-8-14(18)3)19(21)16-10-6-5-9-15(16)17/h5-6,9-10,12-14,18H,4,7-8,11H2,1-3H3/t14-,18+/m1/s1. The van der Waals surface area contributed by atoms with Gasteiger partial charge in [-0.15, -0.1) is 0 Å². The SMILES string of the molecule is CC(C)c1cn([C@H]2CCCC[C@H]2C)c(=O)c2ccccc12. The van der Waals surface area contributed by atoms with Crippen LogP contribution >= 0.6 is 0 Å². The van der Waals surface area contributed by atoms with Crippen LogP contribution < -0.4 is 5.56 Å². The molecular weight excluding hydrogens is 258 g/mol. The fraction of sp³-hybridized carbons (Fsp3) is 0.526. The Kier molecular flexibility index (Phi) is 3.88. The third-order valence-electron chi connectivity index (χ3n) is 5.03. The van der Waals surface area contributed by atoms with Gasteiger partial charge in [0.15, 0.2) is 0 Å². The zero-order chi connectivity index (χ0) is 15.0. The van der Waals surface area contributed by atoms with E-state index < -0.39 is 0 Å². The maximum absolute atomic E-state index is 12.9. The molecule has 2 atom stereocenters. The van der Waals surface area contributed by atoms with Gasteiger partial charge in [-0.3, -0.25) is 4.79 Å². The number of pyridine rings is 1. The molecule has 1 aliphatic carbocycles. The number of hydrogen-bond acceptors (Lipinski definition) is 1. The molecule has 0 spiro atoms. The van der Waals surface area contributed by atoms with Crippen molar-refractivity contribution in [3.05, 3.63) is 46.4 Å². The largest absolute Gasteiger partial charge is 0.311 e. The summed E-state index contributed by atoms with van der Waals surface area (Å²) in [5, 5.41) is 2.00. The molecule has 1 fully saturated rings. The second kappa shape index (κ2) is 5.67. The first-order valence-electron chi connectivity index (χ1n) is 8.23. The zero-order valence-corrected chi connectivity index (χ0v) is 13.3. The summed E-state index contributed by atoms with van der Waals surface area (Å²) in [6.07, 6.45) is 7.06. The van der Waals surface area contributed by atoms with Gasteiger partial charge < -0.3 is 4.57 Å². The van der Waals surface area contributed by atoms with Crippen molar-refractivity contribution in [2.45, 2.75) is 58.4 Å². The number of aromatic nitrogens is 1. The lowest BCUT2D eigenvalue weighted by Gasteiger charge is -2.31. The number of rotatable bonds is 2. The molecule has 1 heterocycles. The zero-order valence-electron chi connectivity index (χ0n) is 13.3. The minimum absolute atomic E-state index is 0.189. The lowest BCUT2D eigenvalue weighted by molar-refractivity contribution is 0.252. The molecule has 1 aromatic heterocycles. The van der Waals surface area contributed by atoms with Crippen LogP contribution in [0.15, 0.2) is 35.3 Å². The molecule has 2 heteroatoms. The van der Waals surface area contributed by atoms with Crippen molar-refractivity contribution < 1.29 is 0 Å². The van der Waals surface area contributed by atoms with Crippen molar-refractivity contribution in [1.29, 1.82) is 0 Å². The highest BCUT2D eigenvalue weighted by molar-refractivity contribution is 5.85. The van der Waals surface area contributed by atoms with Crippen LogP contribution in [0.1, 0.15) is 64.0 Å². The maximum atomic E-state index is 12.9. The summed E-state index contributed by atoms with van der Waals surface area (Å²) in [5.41, 5.74) is 1.48. The van der Waals surface area contributed by atoms with E-state index in [0.717, 1.165) is 17.2 Å². The monoisotopic (exact) mass is 283 g/mol. The van der Waals surface area contributed by atoms with E-state index in [2.05, 4.69) is 33.0 Å². The summed E-state index contributed by atoms with van der Waals surface area (Å²) in [6, 6.07) is 8.44. The number of nitrogens with zero attached hydrogens (tertiary/aromatic N) is 1. The normalized spacial score (nSPS) is 22.9. The van der Waals surface area contributed by atoms with Crippen LogP contribution in [-0.4, -0.2) is 4.57 Å². The third-order valence-corrected chi connectivity index (χ3v) is 5.03. The third kappa shape index (κ3) is 2.52. The molecule has 0 unspecified atom stereocenters. The van der Waals surface area contributed by atoms with E-state index in [0.29, 0.717) is 17.9 Å². The Labute approximate surface area is 126 Å². The number of fused-ring (bicyclic) bond motifs is 1. The molecule has 21 heavy (non-hydrogen) atoms. The minimum atomic E-state index is 0.189. The first-order valence-corrected chi connectivity index (χ1v) is 8.23. The Morgan fingerprint density at radius 3 is 2.43 bits per heavy atom. The molecule has 1 aliphatic rings. The van der Waals surface area contributed by atoms with E-state index in [9.17, 15) is 4.79 Å². The van der Waals surface area contributed by atoms with Crippen LogP contribution in [0.25, 0.3) is 10.8 Å². The second-order valence-electron chi connectivity index (χ2n) is 6.83. The number of benzene rings is 1. The summed E-state index contributed by atoms with van der Waals surface area (Å²) in [5.74, 6) is 1.03. The summed E-state index contributed by atoms with van der Waals surface area (Å²) >= 11 is 0. The molecule has 0 amide bonds. The molecule has 0 aliphatic heterocycles. The average Bonchev–Trinajstić information content (AvgIpc) is 2.48. The Morgan fingerprint density at radius 2 is 1.76 bits per heavy atom. The molecule has 0 saturated heterocycles. The Morgan fingerprint density at radius 1 is 1.10 bits per heavy atom. The van der Waals surface area contributed by atoms with E-state index in [-0.39, 0.29) is 5.56 Å². The predicted molar refractivity (Wildman–Crippen MR) is 89.0 cm³/mol. The molecule has 0 N–H and O–H groups in total. The van der Waals surface area contributed by atoms with Crippen LogP contribution in [0.3, 0.4) is 0 Å². The van der Waals surface area contributed by atoms with Crippen LogP contribution in [-0.2, 0) is 0 Å². The van der Waals surface area contributed by atoms with E-state index in [1.807, 2.05) is 22.8 Å². The van der Waals surface area contributed by atoms with E-state index in [1.165, 1.54) is 24.8 Å². The van der Waals surface area contributed by atoms with E-state index >= 15 is 0 Å². The minimum Gasteiger partial charge on any atom is -0.311 e. The van der Waals surface area contributed by atoms with Crippen molar-refractivity contribution in [2.75, 3.05) is 0 Å². The lowest BCUT2D eigenvalue weighted by Crippen LogP contribution is -2.31. The van der Waals surface area contributed by atoms with Gasteiger partial charge in [0, 0.05) is 17.6 Å². The number of hydrogen-bond donors (Lipinski definition) is 0. The first-order chi connectivity index (χ1) is 10.1. The van der Waals surface area contributed by atoms with Gasteiger partial charge in [-0.25, -0.2) is 0 Å². The van der Waals surface area contributed by atoms with E-state index in [4.69, 9.17) is 0 Å². The molecule has 1 aromatic carbocycles. The summed E-state index contributed by atoms with van der Waals surface area (Å²) < 4.78 is 2.04. The lowest BCUT2D eigenvalue weighted by atomic mass is 9.85. The van der Waals surface area contributed by atoms with Gasteiger partial charge >= 0.3 is 0 Å². The molecule has 2 nitrogen and oxygen atoms in total. The topological polar surface area (TPSA) is 22.0 Å². The Balaban J connectivity index is 2.23. The fourth-order valence-electron chi connectivity index (χ4n) is 3.75. The van der Waals surface area contributed by atoms with Gasteiger partial charge in [-0.05, 0) is 41.7 Å². The second-order valence-corrected chi connectivity index (χ2v) is 6.83. The van der Waals surface area contributed by atoms with Gasteiger partial charge in [0.05, 0.1) is 0 Å². The fourth-order valence-corrected chi connectivity index (χ4v) is 3.75. The van der Waals surface area contributed by atoms with Gasteiger partial charge in [0.25, 0.3) is 5.56 Å². The highest BCUT2D eigenvalue weighted by Gasteiger charge is 2.25. The molecular formula is C19H25NO. The predicted octanol–water partition coefficient (Wildman–Crippen LogP) is 4.88. The first kappa shape index (κ1) is 14.4. The van der Waals surface area contributed by atoms with Crippen molar-refractivity contribution in [1.82, 2.24) is 4.57 Å². The molecule has 2 aromatic rings. The molecule has 1 saturated carbocycles. The summed E-state index contributed by atoms with van der Waals surface area (Å²) in [7, 11) is 0. The van der Waals surface area contributed by atoms with Crippen molar-refractivity contribution in [3.8, 4) is 0 Å².